The van der Waals surface area contributed by atoms with Gasteiger partial charge in [-0.1, -0.05) is 304 Å². The van der Waals surface area contributed by atoms with Crippen LogP contribution < -0.4 is 0 Å². The van der Waals surface area contributed by atoms with E-state index in [4.69, 9.17) is 14.2 Å². The summed E-state index contributed by atoms with van der Waals surface area (Å²) in [4.78, 5) is 38.4. The number of allylic oxidation sites excluding steroid dienone is 16. The van der Waals surface area contributed by atoms with Gasteiger partial charge in [0.2, 0.25) is 0 Å². The number of unbranched alkanes of at least 4 members (excludes halogenated alkanes) is 36. The zero-order valence-electron chi connectivity index (χ0n) is 53.5. The van der Waals surface area contributed by atoms with Crippen molar-refractivity contribution in [2.24, 2.45) is 0 Å². The number of hydrogen-bond acceptors (Lipinski definition) is 6. The second-order valence-electron chi connectivity index (χ2n) is 23.0. The lowest BCUT2D eigenvalue weighted by Crippen LogP contribution is -2.30. The predicted octanol–water partition coefficient (Wildman–Crippen LogP) is 24.0. The Bertz CT molecular complexity index is 1580. The molecule has 0 saturated heterocycles. The molecule has 0 N–H and O–H groups in total. The number of rotatable bonds is 63. The molecule has 0 fully saturated rings. The fraction of sp³-hybridized carbons (Fsp3) is 0.747. The molecule has 0 aromatic rings. The van der Waals surface area contributed by atoms with Crippen LogP contribution in [0.3, 0.4) is 0 Å². The molecule has 0 spiro atoms. The van der Waals surface area contributed by atoms with Crippen molar-refractivity contribution < 1.29 is 28.6 Å². The first-order valence-corrected chi connectivity index (χ1v) is 34.7. The number of esters is 3. The Morgan fingerprint density at radius 1 is 0.259 bits per heavy atom. The number of hydrogen-bond donors (Lipinski definition) is 0. The van der Waals surface area contributed by atoms with Gasteiger partial charge >= 0.3 is 17.9 Å². The summed E-state index contributed by atoms with van der Waals surface area (Å²) in [5.74, 6) is -0.904. The summed E-state index contributed by atoms with van der Waals surface area (Å²) in [5, 5.41) is 0. The van der Waals surface area contributed by atoms with Crippen molar-refractivity contribution in [3.05, 3.63) is 97.2 Å². The van der Waals surface area contributed by atoms with Crippen molar-refractivity contribution in [3.8, 4) is 0 Å². The molecule has 6 heteroatoms. The minimum atomic E-state index is -0.792. The quantitative estimate of drug-likeness (QED) is 0.0261. The second-order valence-corrected chi connectivity index (χ2v) is 23.0. The third-order valence-corrected chi connectivity index (χ3v) is 15.1. The molecule has 0 radical (unpaired) electrons. The minimum absolute atomic E-state index is 0.0861. The largest absolute Gasteiger partial charge is 0.462 e. The Morgan fingerprint density at radius 2 is 0.481 bits per heavy atom. The molecule has 81 heavy (non-hydrogen) atoms. The van der Waals surface area contributed by atoms with E-state index in [-0.39, 0.29) is 31.1 Å². The molecule has 0 rings (SSSR count). The maximum Gasteiger partial charge on any atom is 0.306 e. The van der Waals surface area contributed by atoms with Gasteiger partial charge in [0.05, 0.1) is 0 Å². The first-order valence-electron chi connectivity index (χ1n) is 34.7. The molecular formula is C75H130O6. The molecule has 0 aliphatic rings. The topological polar surface area (TPSA) is 78.9 Å². The van der Waals surface area contributed by atoms with E-state index >= 15 is 0 Å². The van der Waals surface area contributed by atoms with Crippen molar-refractivity contribution in [2.75, 3.05) is 13.2 Å². The predicted molar refractivity (Wildman–Crippen MR) is 353 cm³/mol. The minimum Gasteiger partial charge on any atom is -0.462 e. The van der Waals surface area contributed by atoms with Gasteiger partial charge < -0.3 is 14.2 Å². The van der Waals surface area contributed by atoms with E-state index in [1.165, 1.54) is 193 Å². The smallest absolute Gasteiger partial charge is 0.306 e. The molecule has 0 bridgehead atoms. The molecule has 0 heterocycles. The average Bonchev–Trinajstić information content (AvgIpc) is 3.46. The highest BCUT2D eigenvalue weighted by atomic mass is 16.6. The van der Waals surface area contributed by atoms with Gasteiger partial charge in [-0.2, -0.15) is 0 Å². The van der Waals surface area contributed by atoms with Crippen LogP contribution in [0.2, 0.25) is 0 Å². The van der Waals surface area contributed by atoms with Crippen molar-refractivity contribution in [3.63, 3.8) is 0 Å². The van der Waals surface area contributed by atoms with Gasteiger partial charge in [-0.3, -0.25) is 14.4 Å². The molecule has 0 aromatic heterocycles. The van der Waals surface area contributed by atoms with Crippen molar-refractivity contribution >= 4 is 17.9 Å². The second kappa shape index (κ2) is 68.8. The molecule has 0 aromatic carbocycles. The van der Waals surface area contributed by atoms with Crippen LogP contribution >= 0.6 is 0 Å². The number of ether oxygens (including phenoxy) is 3. The van der Waals surface area contributed by atoms with Gasteiger partial charge in [-0.05, 0) is 116 Å². The van der Waals surface area contributed by atoms with Gasteiger partial charge in [0, 0.05) is 19.3 Å². The Kier molecular flexibility index (Phi) is 65.7. The third-order valence-electron chi connectivity index (χ3n) is 15.1. The van der Waals surface area contributed by atoms with Crippen LogP contribution in [-0.2, 0) is 28.6 Å². The van der Waals surface area contributed by atoms with E-state index < -0.39 is 6.10 Å². The fourth-order valence-electron chi connectivity index (χ4n) is 9.92. The van der Waals surface area contributed by atoms with E-state index in [9.17, 15) is 14.4 Å². The van der Waals surface area contributed by atoms with Crippen LogP contribution in [0.5, 0.6) is 0 Å². The van der Waals surface area contributed by atoms with Gasteiger partial charge in [-0.25, -0.2) is 0 Å². The molecule has 0 aliphatic heterocycles. The van der Waals surface area contributed by atoms with Gasteiger partial charge in [0.25, 0.3) is 0 Å². The van der Waals surface area contributed by atoms with E-state index in [0.29, 0.717) is 19.3 Å². The summed E-state index contributed by atoms with van der Waals surface area (Å²) >= 11 is 0. The van der Waals surface area contributed by atoms with Gasteiger partial charge in [0.15, 0.2) is 6.10 Å². The Balaban J connectivity index is 4.28. The summed E-state index contributed by atoms with van der Waals surface area (Å²) < 4.78 is 16.9. The van der Waals surface area contributed by atoms with E-state index in [2.05, 4.69) is 118 Å². The summed E-state index contributed by atoms with van der Waals surface area (Å²) in [7, 11) is 0. The zero-order valence-corrected chi connectivity index (χ0v) is 53.5. The maximum atomic E-state index is 13.0. The molecular weight excluding hydrogens is 997 g/mol. The SMILES string of the molecule is CC/C=C\C/C=C\C/C=C\C/C=C\CCCCCCCCCCCCCCC(=O)OCC(COC(=O)CCCCC/C=C\C/C=C\C/C=C\CC)OC(=O)CCCCCCCCCCCCCCC/C=C\CCCCCCCCCC. The Labute approximate surface area is 502 Å². The molecule has 6 nitrogen and oxygen atoms in total. The van der Waals surface area contributed by atoms with Crippen LogP contribution in [0.4, 0.5) is 0 Å². The van der Waals surface area contributed by atoms with Crippen LogP contribution in [0.15, 0.2) is 97.2 Å². The van der Waals surface area contributed by atoms with Gasteiger partial charge in [0.1, 0.15) is 13.2 Å². The Morgan fingerprint density at radius 3 is 0.778 bits per heavy atom. The van der Waals surface area contributed by atoms with Crippen LogP contribution in [0.25, 0.3) is 0 Å². The highest BCUT2D eigenvalue weighted by molar-refractivity contribution is 5.71. The van der Waals surface area contributed by atoms with Crippen molar-refractivity contribution in [1.82, 2.24) is 0 Å². The lowest BCUT2D eigenvalue weighted by atomic mass is 10.0. The monoisotopic (exact) mass is 1130 g/mol. The number of carbonyl (C=O) groups excluding carboxylic acids is 3. The van der Waals surface area contributed by atoms with E-state index in [0.717, 1.165) is 109 Å². The van der Waals surface area contributed by atoms with Crippen molar-refractivity contribution in [2.45, 2.75) is 348 Å². The molecule has 0 saturated carbocycles. The summed E-state index contributed by atoms with van der Waals surface area (Å²) in [6, 6.07) is 0. The number of carbonyl (C=O) groups is 3. The lowest BCUT2D eigenvalue weighted by Gasteiger charge is -2.18. The van der Waals surface area contributed by atoms with E-state index in [1.54, 1.807) is 0 Å². The Hall–Kier alpha value is -3.67. The first-order chi connectivity index (χ1) is 40.0. The maximum absolute atomic E-state index is 13.0. The molecule has 1 atom stereocenters. The third kappa shape index (κ3) is 67.0. The zero-order chi connectivity index (χ0) is 58.5. The molecule has 466 valence electrons. The summed E-state index contributed by atoms with van der Waals surface area (Å²) in [6.07, 6.45) is 93.0. The molecule has 0 aliphatic carbocycles. The normalized spacial score (nSPS) is 12.7. The molecule has 0 amide bonds. The van der Waals surface area contributed by atoms with Crippen LogP contribution in [0.1, 0.15) is 342 Å². The molecule has 1 unspecified atom stereocenters. The fourth-order valence-corrected chi connectivity index (χ4v) is 9.92. The summed E-state index contributed by atoms with van der Waals surface area (Å²) in [5.41, 5.74) is 0. The van der Waals surface area contributed by atoms with Gasteiger partial charge in [-0.15, -0.1) is 0 Å². The van der Waals surface area contributed by atoms with Crippen LogP contribution in [-0.4, -0.2) is 37.2 Å². The highest BCUT2D eigenvalue weighted by Gasteiger charge is 2.19. The highest BCUT2D eigenvalue weighted by Crippen LogP contribution is 2.17. The van der Waals surface area contributed by atoms with Crippen molar-refractivity contribution in [1.29, 1.82) is 0 Å². The average molecular weight is 1130 g/mol. The van der Waals surface area contributed by atoms with E-state index in [1.807, 2.05) is 0 Å². The standard InChI is InChI=1S/C75H130O6/c1-4-7-10-13-16-19-22-25-27-29-31-33-35-37-39-41-43-45-47-50-53-56-59-62-65-68-74(77)80-71-72(70-79-73(76)67-64-61-58-55-52-49-24-21-18-15-12-9-6-3)81-75(78)69-66-63-60-57-54-51-48-46-44-42-40-38-36-34-32-30-28-26-23-20-17-14-11-8-5-2/h7,9-10,12,16,18-19,21,25,27,30-33,49,52,72H,4-6,8,11,13-15,17,20,22-24,26,28-29,34-48,50-51,53-71H2,1-3H3/b10-7-,12-9-,19-16-,21-18-,27-25-,32-30-,33-31-,52-49-. The van der Waals surface area contributed by atoms with Crippen LogP contribution in [0, 0.1) is 0 Å². The summed E-state index contributed by atoms with van der Waals surface area (Å²) in [6.45, 7) is 6.43. The lowest BCUT2D eigenvalue weighted by molar-refractivity contribution is -0.167. The first kappa shape index (κ1) is 77.3.